The van der Waals surface area contributed by atoms with Crippen molar-refractivity contribution >= 4 is 16.0 Å². The van der Waals surface area contributed by atoms with Gasteiger partial charge in [0.25, 0.3) is 10.0 Å². The highest BCUT2D eigenvalue weighted by atomic mass is 32.2. The van der Waals surface area contributed by atoms with E-state index < -0.39 is 10.0 Å². The number of methoxy groups -OCH3 is 1. The first-order valence-corrected chi connectivity index (χ1v) is 5.72. The number of aromatic amines is 2. The number of hydrogen-bond acceptors (Lipinski definition) is 5. The van der Waals surface area contributed by atoms with Crippen molar-refractivity contribution < 1.29 is 13.2 Å². The van der Waals surface area contributed by atoms with Crippen LogP contribution in [0.2, 0.25) is 0 Å². The number of sulfonamides is 1. The normalized spacial score (nSPS) is 11.3. The van der Waals surface area contributed by atoms with Gasteiger partial charge in [-0.2, -0.15) is 4.98 Å². The van der Waals surface area contributed by atoms with E-state index in [0.29, 0.717) is 0 Å². The number of nitrogens with zero attached hydrogens (tertiary/aromatic N) is 2. The van der Waals surface area contributed by atoms with Crippen LogP contribution < -0.4 is 9.46 Å². The Morgan fingerprint density at radius 2 is 2.31 bits per heavy atom. The van der Waals surface area contributed by atoms with Gasteiger partial charge in [-0.05, 0) is 6.07 Å². The quantitative estimate of drug-likeness (QED) is 0.696. The third-order valence-corrected chi connectivity index (χ3v) is 3.09. The van der Waals surface area contributed by atoms with E-state index in [-0.39, 0.29) is 16.9 Å². The van der Waals surface area contributed by atoms with Crippen LogP contribution in [0.3, 0.4) is 0 Å². The van der Waals surface area contributed by atoms with Gasteiger partial charge in [-0.1, -0.05) is 0 Å². The largest absolute Gasteiger partial charge is 0.466 e. The van der Waals surface area contributed by atoms with E-state index in [0.717, 1.165) is 0 Å². The maximum atomic E-state index is 11.7. The van der Waals surface area contributed by atoms with Crippen LogP contribution in [0.15, 0.2) is 23.4 Å². The van der Waals surface area contributed by atoms with Crippen molar-refractivity contribution in [2.24, 2.45) is 0 Å². The number of H-pyrrole nitrogens is 2. The lowest BCUT2D eigenvalue weighted by molar-refractivity contribution is 0.382. The van der Waals surface area contributed by atoms with E-state index in [9.17, 15) is 8.42 Å². The summed E-state index contributed by atoms with van der Waals surface area (Å²) in [5, 5.41) is 6.00. The van der Waals surface area contributed by atoms with Crippen molar-refractivity contribution in [3.8, 4) is 6.01 Å². The first-order chi connectivity index (χ1) is 7.62. The molecule has 86 valence electrons. The fourth-order valence-corrected chi connectivity index (χ4v) is 1.98. The van der Waals surface area contributed by atoms with Crippen LogP contribution in [0.5, 0.6) is 6.01 Å². The molecule has 0 spiro atoms. The van der Waals surface area contributed by atoms with Crippen molar-refractivity contribution in [3.63, 3.8) is 0 Å². The Morgan fingerprint density at radius 3 is 2.88 bits per heavy atom. The predicted molar refractivity (Wildman–Crippen MR) is 54.5 cm³/mol. The maximum Gasteiger partial charge on any atom is 0.336 e. The molecule has 0 saturated heterocycles. The van der Waals surface area contributed by atoms with E-state index in [1.54, 1.807) is 0 Å². The first-order valence-electron chi connectivity index (χ1n) is 4.24. The average molecular weight is 243 g/mol. The average Bonchev–Trinajstić information content (AvgIpc) is 2.86. The number of hydrogen-bond donors (Lipinski definition) is 3. The minimum atomic E-state index is -3.64. The fraction of sp³-hybridized carbons (Fsp3) is 0.143. The van der Waals surface area contributed by atoms with Crippen LogP contribution in [0.4, 0.5) is 5.95 Å². The molecule has 0 aromatic carbocycles. The highest BCUT2D eigenvalue weighted by molar-refractivity contribution is 7.92. The molecule has 2 aromatic heterocycles. The lowest BCUT2D eigenvalue weighted by Crippen LogP contribution is -2.13. The minimum Gasteiger partial charge on any atom is -0.466 e. The standard InChI is InChI=1S/C7H9N5O3S/c1-15-7-9-6(10-11-7)12-16(13,14)5-2-3-8-4-5/h2-4,8H,1H3,(H2,9,10,11,12). The molecule has 0 unspecified atom stereocenters. The van der Waals surface area contributed by atoms with Gasteiger partial charge >= 0.3 is 6.01 Å². The second-order valence-corrected chi connectivity index (χ2v) is 4.51. The monoisotopic (exact) mass is 243 g/mol. The summed E-state index contributed by atoms with van der Waals surface area (Å²) in [5.41, 5.74) is 0. The zero-order chi connectivity index (χ0) is 11.6. The molecule has 2 aromatic rings. The van der Waals surface area contributed by atoms with Gasteiger partial charge in [0, 0.05) is 12.4 Å². The van der Waals surface area contributed by atoms with Gasteiger partial charge in [-0.15, -0.1) is 5.10 Å². The molecule has 0 aliphatic heterocycles. The molecule has 0 atom stereocenters. The summed E-state index contributed by atoms with van der Waals surface area (Å²) in [6.45, 7) is 0. The molecule has 3 N–H and O–H groups in total. The summed E-state index contributed by atoms with van der Waals surface area (Å²) >= 11 is 0. The highest BCUT2D eigenvalue weighted by Gasteiger charge is 2.16. The van der Waals surface area contributed by atoms with Crippen molar-refractivity contribution in [2.75, 3.05) is 11.8 Å². The summed E-state index contributed by atoms with van der Waals surface area (Å²) in [6, 6.07) is 1.49. The van der Waals surface area contributed by atoms with Gasteiger partial charge < -0.3 is 9.72 Å². The van der Waals surface area contributed by atoms with Crippen LogP contribution in [-0.4, -0.2) is 35.7 Å². The third kappa shape index (κ3) is 1.98. The molecular formula is C7H9N5O3S. The summed E-state index contributed by atoms with van der Waals surface area (Å²) in [7, 11) is -2.25. The highest BCUT2D eigenvalue weighted by Crippen LogP contribution is 2.12. The van der Waals surface area contributed by atoms with Crippen LogP contribution in [0.25, 0.3) is 0 Å². The Balaban J connectivity index is 2.21. The van der Waals surface area contributed by atoms with Crippen LogP contribution in [-0.2, 0) is 10.0 Å². The molecule has 2 rings (SSSR count). The molecule has 0 aliphatic rings. The molecule has 0 amide bonds. The number of ether oxygens (including phenoxy) is 1. The molecule has 0 radical (unpaired) electrons. The van der Waals surface area contributed by atoms with E-state index >= 15 is 0 Å². The molecule has 0 fully saturated rings. The van der Waals surface area contributed by atoms with Gasteiger partial charge in [0.15, 0.2) is 0 Å². The van der Waals surface area contributed by atoms with Gasteiger partial charge in [0.2, 0.25) is 5.95 Å². The van der Waals surface area contributed by atoms with Gasteiger partial charge in [-0.3, -0.25) is 0 Å². The SMILES string of the molecule is COc1n[nH]c(NS(=O)(=O)c2cc[nH]c2)n1. The number of anilines is 1. The Bertz CT molecular complexity index is 559. The Labute approximate surface area is 91.1 Å². The van der Waals surface area contributed by atoms with Crippen LogP contribution in [0, 0.1) is 0 Å². The predicted octanol–water partition coefficient (Wildman–Crippen LogP) is -0.0578. The molecule has 16 heavy (non-hydrogen) atoms. The Morgan fingerprint density at radius 1 is 1.50 bits per heavy atom. The molecule has 0 aliphatic carbocycles. The first kappa shape index (κ1) is 10.5. The number of aromatic nitrogens is 4. The van der Waals surface area contributed by atoms with Crippen molar-refractivity contribution in [1.82, 2.24) is 20.2 Å². The van der Waals surface area contributed by atoms with Crippen LogP contribution in [0.1, 0.15) is 0 Å². The minimum absolute atomic E-state index is 0.00181. The number of nitrogens with one attached hydrogen (secondary N) is 3. The molecule has 0 saturated carbocycles. The lowest BCUT2D eigenvalue weighted by Gasteiger charge is -2.00. The van der Waals surface area contributed by atoms with Gasteiger partial charge in [0.05, 0.1) is 7.11 Å². The Hall–Kier alpha value is -2.03. The van der Waals surface area contributed by atoms with Crippen molar-refractivity contribution in [2.45, 2.75) is 4.90 Å². The van der Waals surface area contributed by atoms with Gasteiger partial charge in [0.1, 0.15) is 4.90 Å². The zero-order valence-electron chi connectivity index (χ0n) is 8.26. The molecule has 8 nitrogen and oxygen atoms in total. The van der Waals surface area contributed by atoms with E-state index in [1.807, 2.05) is 0 Å². The Kier molecular flexibility index (Phi) is 2.52. The summed E-state index contributed by atoms with van der Waals surface area (Å²) in [5.74, 6) is -0.00181. The molecule has 2 heterocycles. The topological polar surface area (TPSA) is 113 Å². The van der Waals surface area contributed by atoms with E-state index in [4.69, 9.17) is 4.74 Å². The van der Waals surface area contributed by atoms with Crippen LogP contribution >= 0.6 is 0 Å². The fourth-order valence-electron chi connectivity index (χ4n) is 1.05. The zero-order valence-corrected chi connectivity index (χ0v) is 9.08. The van der Waals surface area contributed by atoms with Gasteiger partial charge in [-0.25, -0.2) is 18.2 Å². The van der Waals surface area contributed by atoms with Crippen molar-refractivity contribution in [1.29, 1.82) is 0 Å². The molecule has 0 bridgehead atoms. The summed E-state index contributed by atoms with van der Waals surface area (Å²) in [6.07, 6.45) is 2.87. The molecule has 9 heteroatoms. The summed E-state index contributed by atoms with van der Waals surface area (Å²) in [4.78, 5) is 6.50. The number of rotatable bonds is 4. The van der Waals surface area contributed by atoms with E-state index in [1.165, 1.54) is 25.6 Å². The lowest BCUT2D eigenvalue weighted by atomic mass is 10.7. The maximum absolute atomic E-state index is 11.7. The van der Waals surface area contributed by atoms with Crippen molar-refractivity contribution in [3.05, 3.63) is 18.5 Å². The smallest absolute Gasteiger partial charge is 0.336 e. The third-order valence-electron chi connectivity index (χ3n) is 1.76. The second-order valence-electron chi connectivity index (χ2n) is 2.82. The second kappa shape index (κ2) is 3.85. The summed E-state index contributed by atoms with van der Waals surface area (Å²) < 4.78 is 30.3. The molecular weight excluding hydrogens is 234 g/mol. The van der Waals surface area contributed by atoms with E-state index in [2.05, 4.69) is 24.9 Å².